The molecule has 1 aromatic heterocycles. The van der Waals surface area contributed by atoms with Gasteiger partial charge in [-0.3, -0.25) is 0 Å². The third-order valence-corrected chi connectivity index (χ3v) is 8.84. The van der Waals surface area contributed by atoms with Crippen molar-refractivity contribution < 1.29 is 22.7 Å². The van der Waals surface area contributed by atoms with Crippen LogP contribution < -0.4 is 15.0 Å². The van der Waals surface area contributed by atoms with Crippen LogP contribution in [0.5, 0.6) is 5.75 Å². The van der Waals surface area contributed by atoms with Crippen LogP contribution in [0.1, 0.15) is 49.8 Å². The summed E-state index contributed by atoms with van der Waals surface area (Å²) in [5, 5.41) is 8.22. The number of halogens is 3. The molecular formula is C35H39F3N6O2S. The number of aromatic nitrogens is 3. The van der Waals surface area contributed by atoms with Crippen LogP contribution in [-0.4, -0.2) is 51.2 Å². The van der Waals surface area contributed by atoms with E-state index in [1.165, 1.54) is 46.4 Å². The van der Waals surface area contributed by atoms with Crippen LogP contribution in [0.3, 0.4) is 0 Å². The first-order chi connectivity index (χ1) is 22.6. The molecule has 0 radical (unpaired) electrons. The first-order valence-corrected chi connectivity index (χ1v) is 16.8. The van der Waals surface area contributed by atoms with Gasteiger partial charge in [-0.1, -0.05) is 68.4 Å². The highest BCUT2D eigenvalue weighted by Crippen LogP contribution is 2.30. The molecule has 5 rings (SSSR count). The number of rotatable bonds is 11. The molecule has 1 N–H and O–H groups in total. The van der Waals surface area contributed by atoms with E-state index >= 15 is 0 Å². The molecule has 1 atom stereocenters. The number of hydrogen-bond acceptors (Lipinski definition) is 5. The number of alkyl halides is 3. The first kappa shape index (κ1) is 34.0. The molecule has 1 aliphatic rings. The number of urea groups is 1. The van der Waals surface area contributed by atoms with Crippen molar-refractivity contribution in [2.45, 2.75) is 59.2 Å². The summed E-state index contributed by atoms with van der Waals surface area (Å²) in [4.78, 5) is 23.9. The van der Waals surface area contributed by atoms with Gasteiger partial charge in [0.15, 0.2) is 11.0 Å². The minimum Gasteiger partial charge on any atom is -0.406 e. The van der Waals surface area contributed by atoms with Crippen LogP contribution in [0.25, 0.3) is 17.1 Å². The van der Waals surface area contributed by atoms with E-state index in [-0.39, 0.29) is 11.8 Å². The molecule has 0 spiro atoms. The van der Waals surface area contributed by atoms with E-state index in [2.05, 4.69) is 69.0 Å². The van der Waals surface area contributed by atoms with Crippen LogP contribution in [0.15, 0.2) is 78.0 Å². The number of nitrogens with one attached hydrogen (secondary N) is 1. The number of nitrogens with zero attached hydrogens (tertiary/aromatic N) is 5. The maximum Gasteiger partial charge on any atom is 0.573 e. The lowest BCUT2D eigenvalue weighted by atomic mass is 9.97. The summed E-state index contributed by atoms with van der Waals surface area (Å²) in [7, 11) is 0. The Morgan fingerprint density at radius 2 is 1.87 bits per heavy atom. The Kier molecular flexibility index (Phi) is 11.2. The largest absolute Gasteiger partial charge is 0.573 e. The Labute approximate surface area is 277 Å². The first-order valence-electron chi connectivity index (χ1n) is 15.8. The summed E-state index contributed by atoms with van der Waals surface area (Å²) in [6, 6.07) is 19.6. The standard InChI is InChI=1S/C35H39F3N6O2S/c1-4-6-27-10-7-24(2)22-31(27)43-19-5-20-47-34(43)41-33(45)39-18-17-25(3)21-26-8-11-28(12-9-26)32-40-23-44(42-32)29-13-15-30(16-14-29)46-35(36,37)38/h7-16,22-23,25H,4-6,17-21H2,1-3H3,(H,39,45). The molecule has 1 fully saturated rings. The molecule has 2 amide bonds. The molecule has 0 aliphatic carbocycles. The molecule has 8 nitrogen and oxygen atoms in total. The molecule has 3 aromatic carbocycles. The zero-order valence-electron chi connectivity index (χ0n) is 26.8. The fraction of sp³-hybridized carbons (Fsp3) is 0.371. The van der Waals surface area contributed by atoms with E-state index < -0.39 is 6.36 Å². The Morgan fingerprint density at radius 3 is 2.60 bits per heavy atom. The second-order valence-corrected chi connectivity index (χ2v) is 12.8. The average Bonchev–Trinajstić information content (AvgIpc) is 3.53. The normalized spacial score (nSPS) is 15.1. The number of carbonyl (C=O) groups excluding carboxylic acids is 1. The number of thioether (sulfide) groups is 1. The van der Waals surface area contributed by atoms with Gasteiger partial charge in [0, 0.05) is 30.1 Å². The van der Waals surface area contributed by atoms with Crippen molar-refractivity contribution in [3.8, 4) is 22.8 Å². The number of amidine groups is 1. The van der Waals surface area contributed by atoms with Crippen molar-refractivity contribution in [3.63, 3.8) is 0 Å². The van der Waals surface area contributed by atoms with Gasteiger partial charge in [0.25, 0.3) is 0 Å². The van der Waals surface area contributed by atoms with Crippen molar-refractivity contribution >= 4 is 28.6 Å². The van der Waals surface area contributed by atoms with E-state index in [9.17, 15) is 18.0 Å². The van der Waals surface area contributed by atoms with Crippen molar-refractivity contribution in [2.24, 2.45) is 10.9 Å². The number of anilines is 1. The molecule has 0 saturated carbocycles. The van der Waals surface area contributed by atoms with E-state index in [4.69, 9.17) is 0 Å². The van der Waals surface area contributed by atoms with Crippen molar-refractivity contribution in [3.05, 3.63) is 89.7 Å². The number of amides is 2. The van der Waals surface area contributed by atoms with Crippen LogP contribution in [0, 0.1) is 12.8 Å². The SMILES string of the molecule is CCCc1ccc(C)cc1N1CCCSC1=NC(=O)NCCC(C)Cc1ccc(-c2ncn(-c3ccc(OC(F)(F)F)cc3)n2)cc1. The van der Waals surface area contributed by atoms with E-state index in [1.807, 2.05) is 24.3 Å². The highest BCUT2D eigenvalue weighted by atomic mass is 32.2. The summed E-state index contributed by atoms with van der Waals surface area (Å²) in [5.74, 6) is 1.49. The zero-order valence-corrected chi connectivity index (χ0v) is 27.6. The van der Waals surface area contributed by atoms with Crippen molar-refractivity contribution in [1.29, 1.82) is 0 Å². The molecule has 47 heavy (non-hydrogen) atoms. The zero-order chi connectivity index (χ0) is 33.4. The molecule has 1 unspecified atom stereocenters. The number of ether oxygens (including phenoxy) is 1. The maximum atomic E-state index is 12.8. The predicted octanol–water partition coefficient (Wildman–Crippen LogP) is 8.37. The number of hydrogen-bond donors (Lipinski definition) is 1. The van der Waals surface area contributed by atoms with Gasteiger partial charge in [-0.25, -0.2) is 14.5 Å². The molecule has 4 aromatic rings. The molecule has 1 aliphatic heterocycles. The maximum absolute atomic E-state index is 12.8. The third-order valence-electron chi connectivity index (χ3n) is 7.77. The summed E-state index contributed by atoms with van der Waals surface area (Å²) >= 11 is 1.64. The molecule has 0 bridgehead atoms. The summed E-state index contributed by atoms with van der Waals surface area (Å²) in [6.07, 6.45) is 1.52. The van der Waals surface area contributed by atoms with Gasteiger partial charge in [0.1, 0.15) is 12.1 Å². The molecule has 248 valence electrons. The number of carbonyl (C=O) groups is 1. The predicted molar refractivity (Wildman–Crippen MR) is 181 cm³/mol. The van der Waals surface area contributed by atoms with Gasteiger partial charge >= 0.3 is 12.4 Å². The Morgan fingerprint density at radius 1 is 1.11 bits per heavy atom. The number of benzene rings is 3. The van der Waals surface area contributed by atoms with Gasteiger partial charge in [0.2, 0.25) is 0 Å². The van der Waals surface area contributed by atoms with Gasteiger partial charge in [-0.05, 0) is 85.5 Å². The Bertz CT molecular complexity index is 1670. The fourth-order valence-electron chi connectivity index (χ4n) is 5.45. The van der Waals surface area contributed by atoms with Gasteiger partial charge < -0.3 is 15.0 Å². The second-order valence-electron chi connectivity index (χ2n) is 11.7. The molecule has 2 heterocycles. The van der Waals surface area contributed by atoms with E-state index in [1.54, 1.807) is 11.8 Å². The highest BCUT2D eigenvalue weighted by molar-refractivity contribution is 8.14. The smallest absolute Gasteiger partial charge is 0.406 e. The summed E-state index contributed by atoms with van der Waals surface area (Å²) in [6.45, 7) is 7.82. The van der Waals surface area contributed by atoms with Gasteiger partial charge in [-0.2, -0.15) is 4.99 Å². The number of aliphatic imine (C=N–C) groups is 1. The third kappa shape index (κ3) is 9.60. The lowest BCUT2D eigenvalue weighted by molar-refractivity contribution is -0.274. The highest BCUT2D eigenvalue weighted by Gasteiger charge is 2.31. The molecular weight excluding hydrogens is 625 g/mol. The Balaban J connectivity index is 1.11. The minimum absolute atomic E-state index is 0.299. The van der Waals surface area contributed by atoms with Gasteiger partial charge in [0.05, 0.1) is 5.69 Å². The topological polar surface area (TPSA) is 84.6 Å². The van der Waals surface area contributed by atoms with Crippen LogP contribution >= 0.6 is 11.8 Å². The summed E-state index contributed by atoms with van der Waals surface area (Å²) in [5.41, 5.74) is 6.18. The average molecular weight is 665 g/mol. The second kappa shape index (κ2) is 15.5. The van der Waals surface area contributed by atoms with E-state index in [0.717, 1.165) is 66.4 Å². The monoisotopic (exact) mass is 664 g/mol. The summed E-state index contributed by atoms with van der Waals surface area (Å²) < 4.78 is 42.7. The lowest BCUT2D eigenvalue weighted by Gasteiger charge is -2.31. The lowest BCUT2D eigenvalue weighted by Crippen LogP contribution is -2.36. The molecule has 12 heteroatoms. The van der Waals surface area contributed by atoms with Gasteiger partial charge in [-0.15, -0.1) is 18.3 Å². The number of aryl methyl sites for hydroxylation is 2. The van der Waals surface area contributed by atoms with Crippen LogP contribution in [0.4, 0.5) is 23.7 Å². The Hall–Kier alpha value is -4.32. The van der Waals surface area contributed by atoms with Crippen molar-refractivity contribution in [2.75, 3.05) is 23.7 Å². The van der Waals surface area contributed by atoms with Crippen molar-refractivity contribution in [1.82, 2.24) is 20.1 Å². The van der Waals surface area contributed by atoms with E-state index in [0.29, 0.717) is 24.0 Å². The minimum atomic E-state index is -4.74. The quantitative estimate of drug-likeness (QED) is 0.174. The molecule has 1 saturated heterocycles. The van der Waals surface area contributed by atoms with Crippen LogP contribution in [0.2, 0.25) is 0 Å². The fourth-order valence-corrected chi connectivity index (χ4v) is 6.40. The van der Waals surface area contributed by atoms with Crippen LogP contribution in [-0.2, 0) is 12.8 Å².